The summed E-state index contributed by atoms with van der Waals surface area (Å²) in [6.07, 6.45) is 0. The van der Waals surface area contributed by atoms with Crippen LogP contribution in [0, 0.1) is 0 Å². The van der Waals surface area contributed by atoms with E-state index in [-0.39, 0.29) is 0 Å². The van der Waals surface area contributed by atoms with Crippen molar-refractivity contribution < 1.29 is 0 Å². The number of hydrogen-bond donors (Lipinski definition) is 0. The Balaban J connectivity index is 0.000000165. The van der Waals surface area contributed by atoms with Gasteiger partial charge >= 0.3 is 123 Å². The Hall–Kier alpha value is -2.55. The summed E-state index contributed by atoms with van der Waals surface area (Å²) in [5, 5.41) is 2.79. The van der Waals surface area contributed by atoms with Crippen LogP contribution in [-0.4, -0.2) is 22.7 Å². The summed E-state index contributed by atoms with van der Waals surface area (Å²) < 4.78 is 4.64. The van der Waals surface area contributed by atoms with E-state index in [2.05, 4.69) is 152 Å². The molecule has 0 atom stereocenters. The maximum atomic E-state index is 2.29. The van der Waals surface area contributed by atoms with Gasteiger partial charge < -0.3 is 0 Å². The SMILES string of the molecule is c1cc[c]([Pb]([c]2ccccc2)[c]2ccccc2)cc1.c1ccc(Pc2ccccc2)cc1. The monoisotopic (exact) mass is 625 g/mol. The molecule has 0 saturated carbocycles. The largest absolute Gasteiger partial charge is 0.0622 e. The van der Waals surface area contributed by atoms with Crippen molar-refractivity contribution in [2.24, 2.45) is 0 Å². The third-order valence-electron chi connectivity index (χ3n) is 5.02. The van der Waals surface area contributed by atoms with E-state index in [1.165, 1.54) is 10.6 Å². The minimum Gasteiger partial charge on any atom is -0.0622 e. The van der Waals surface area contributed by atoms with Crippen LogP contribution in [0.3, 0.4) is 0 Å². The van der Waals surface area contributed by atoms with E-state index in [0.29, 0.717) is 0 Å². The average molecular weight is 625 g/mol. The van der Waals surface area contributed by atoms with Crippen LogP contribution in [0.4, 0.5) is 0 Å². The molecule has 32 heavy (non-hydrogen) atoms. The van der Waals surface area contributed by atoms with Gasteiger partial charge in [0.1, 0.15) is 0 Å². The quantitative estimate of drug-likeness (QED) is 0.200. The van der Waals surface area contributed by atoms with Gasteiger partial charge in [-0.3, -0.25) is 0 Å². The van der Waals surface area contributed by atoms with Crippen molar-refractivity contribution in [1.29, 1.82) is 0 Å². The van der Waals surface area contributed by atoms with Gasteiger partial charge in [-0.1, -0.05) is 69.2 Å². The van der Waals surface area contributed by atoms with Crippen molar-refractivity contribution in [1.82, 2.24) is 0 Å². The van der Waals surface area contributed by atoms with Crippen LogP contribution in [0.2, 0.25) is 0 Å². The second-order valence-electron chi connectivity index (χ2n) is 7.33. The Bertz CT molecular complexity index is 1030. The standard InChI is InChI=1S/C12H11P.3C6H5.Pb/c1-3-7-11(8-4-1)13-12-9-5-2-6-10-12;3*1-2-4-6-5-3-1;/h1-10,13H;3*1-5H;. The molecule has 0 aliphatic rings. The zero-order valence-corrected chi connectivity index (χ0v) is 22.8. The molecule has 5 rings (SSSR count). The average Bonchev–Trinajstić information content (AvgIpc) is 2.88. The molecule has 5 aromatic rings. The number of benzene rings is 5. The predicted octanol–water partition coefficient (Wildman–Crippen LogP) is 4.52. The molecule has 0 amide bonds. The van der Waals surface area contributed by atoms with Gasteiger partial charge in [-0.2, -0.15) is 0 Å². The van der Waals surface area contributed by atoms with Gasteiger partial charge in [0.05, 0.1) is 0 Å². The molecular weight excluding hydrogens is 599 g/mol. The molecule has 0 fully saturated rings. The summed E-state index contributed by atoms with van der Waals surface area (Å²) in [4.78, 5) is 0. The molecule has 0 heterocycles. The molecule has 0 aliphatic heterocycles. The van der Waals surface area contributed by atoms with E-state index in [1.807, 2.05) is 0 Å². The van der Waals surface area contributed by atoms with Crippen molar-refractivity contribution in [3.8, 4) is 0 Å². The number of hydrogen-bond acceptors (Lipinski definition) is 0. The van der Waals surface area contributed by atoms with Crippen LogP contribution in [0.1, 0.15) is 0 Å². The summed E-state index contributed by atoms with van der Waals surface area (Å²) in [7, 11) is 0.777. The maximum absolute atomic E-state index is 2.29. The Morgan fingerprint density at radius 2 is 0.562 bits per heavy atom. The van der Waals surface area contributed by atoms with E-state index in [9.17, 15) is 0 Å². The van der Waals surface area contributed by atoms with E-state index < -0.39 is 22.7 Å². The summed E-state index contributed by atoms with van der Waals surface area (Å²) in [5.74, 6) is 0. The van der Waals surface area contributed by atoms with E-state index in [0.717, 1.165) is 8.58 Å². The molecule has 0 unspecified atom stereocenters. The summed E-state index contributed by atoms with van der Waals surface area (Å²) in [6.45, 7) is 0. The Labute approximate surface area is 201 Å². The second-order valence-corrected chi connectivity index (χ2v) is 18.4. The molecule has 0 nitrogen and oxygen atoms in total. The molecule has 0 aliphatic carbocycles. The number of rotatable bonds is 5. The molecule has 5 aromatic carbocycles. The molecule has 0 spiro atoms. The van der Waals surface area contributed by atoms with E-state index in [4.69, 9.17) is 0 Å². The van der Waals surface area contributed by atoms with Crippen LogP contribution in [-0.2, 0) is 0 Å². The molecule has 0 N–H and O–H groups in total. The van der Waals surface area contributed by atoms with Crippen LogP contribution in [0.25, 0.3) is 0 Å². The maximum Gasteiger partial charge on any atom is -0.0226 e. The zero-order valence-electron chi connectivity index (χ0n) is 17.9. The molecule has 0 aromatic heterocycles. The molecule has 2 heteroatoms. The van der Waals surface area contributed by atoms with Crippen molar-refractivity contribution >= 4 is 51.3 Å². The first-order valence-corrected chi connectivity index (χ1v) is 17.6. The van der Waals surface area contributed by atoms with Gasteiger partial charge in [-0.15, -0.1) is 0 Å². The van der Waals surface area contributed by atoms with Crippen LogP contribution in [0.15, 0.2) is 152 Å². The van der Waals surface area contributed by atoms with Gasteiger partial charge in [0.15, 0.2) is 0 Å². The predicted molar refractivity (Wildman–Crippen MR) is 144 cm³/mol. The molecule has 0 bridgehead atoms. The topological polar surface area (TPSA) is 0 Å². The van der Waals surface area contributed by atoms with Gasteiger partial charge in [-0.25, -0.2) is 0 Å². The fourth-order valence-corrected chi connectivity index (χ4v) is 14.6. The molecule has 155 valence electrons. The summed E-state index contributed by atoms with van der Waals surface area (Å²) >= 11 is -2.17. The summed E-state index contributed by atoms with van der Waals surface area (Å²) in [6, 6.07) is 54.2. The van der Waals surface area contributed by atoms with Gasteiger partial charge in [0.2, 0.25) is 0 Å². The van der Waals surface area contributed by atoms with E-state index >= 15 is 0 Å². The van der Waals surface area contributed by atoms with E-state index in [1.54, 1.807) is 9.37 Å². The normalized spacial score (nSPS) is 10.3. The minimum absolute atomic E-state index is 0.777. The third kappa shape index (κ3) is 6.72. The second kappa shape index (κ2) is 12.5. The fourth-order valence-electron chi connectivity index (χ4n) is 3.52. The smallest absolute Gasteiger partial charge is 0.0226 e. The van der Waals surface area contributed by atoms with Crippen molar-refractivity contribution in [3.63, 3.8) is 0 Å². The Morgan fingerprint density at radius 1 is 0.312 bits per heavy atom. The first kappa shape index (κ1) is 22.6. The summed E-state index contributed by atoms with van der Waals surface area (Å²) in [5.41, 5.74) is 0. The minimum atomic E-state index is -2.17. The van der Waals surface area contributed by atoms with Gasteiger partial charge in [0.25, 0.3) is 0 Å². The van der Waals surface area contributed by atoms with Gasteiger partial charge in [-0.05, 0) is 10.6 Å². The van der Waals surface area contributed by atoms with Crippen molar-refractivity contribution in [2.45, 2.75) is 0 Å². The molecule has 1 radical (unpaired) electrons. The van der Waals surface area contributed by atoms with Gasteiger partial charge in [0, 0.05) is 0 Å². The Morgan fingerprint density at radius 3 is 0.844 bits per heavy atom. The first-order chi connectivity index (χ1) is 15.9. The Kier molecular flexibility index (Phi) is 8.83. The fraction of sp³-hybridized carbons (Fsp3) is 0. The zero-order chi connectivity index (χ0) is 21.8. The van der Waals surface area contributed by atoms with Crippen LogP contribution in [0.5, 0.6) is 0 Å². The van der Waals surface area contributed by atoms with Crippen LogP contribution < -0.4 is 20.0 Å². The third-order valence-corrected chi connectivity index (χ3v) is 16.9. The molecule has 0 saturated heterocycles. The van der Waals surface area contributed by atoms with Crippen molar-refractivity contribution in [2.75, 3.05) is 0 Å². The van der Waals surface area contributed by atoms with Crippen LogP contribution >= 0.6 is 8.58 Å². The first-order valence-electron chi connectivity index (χ1n) is 10.8. The van der Waals surface area contributed by atoms with Crippen molar-refractivity contribution in [3.05, 3.63) is 152 Å². The molecular formula is C30H26PPb.